The molecule has 6 heteroatoms. The summed E-state index contributed by atoms with van der Waals surface area (Å²) in [7, 11) is 0. The molecule has 2 nitrogen and oxygen atoms in total. The van der Waals surface area contributed by atoms with E-state index in [9.17, 15) is 0 Å². The highest BCUT2D eigenvalue weighted by molar-refractivity contribution is 6.45. The molecule has 19 heavy (non-hydrogen) atoms. The minimum absolute atomic E-state index is 0.195. The summed E-state index contributed by atoms with van der Waals surface area (Å²) < 4.78 is 0. The molecule has 0 atom stereocenters. The van der Waals surface area contributed by atoms with E-state index in [0.717, 1.165) is 0 Å². The summed E-state index contributed by atoms with van der Waals surface area (Å²) >= 11 is 24.3. The highest BCUT2D eigenvalue weighted by Crippen LogP contribution is 2.39. The maximum atomic E-state index is 8.75. The number of benzene rings is 1. The molecule has 0 fully saturated rings. The molecule has 2 aromatic rings. The van der Waals surface area contributed by atoms with Crippen LogP contribution in [0.15, 0.2) is 24.4 Å². The lowest BCUT2D eigenvalue weighted by Crippen LogP contribution is -1.92. The van der Waals surface area contributed by atoms with Gasteiger partial charge in [0.2, 0.25) is 0 Å². The summed E-state index contributed by atoms with van der Waals surface area (Å²) in [6.07, 6.45) is 1.76. The van der Waals surface area contributed by atoms with Gasteiger partial charge in [-0.3, -0.25) is 4.98 Å². The zero-order valence-corrected chi connectivity index (χ0v) is 12.4. The summed E-state index contributed by atoms with van der Waals surface area (Å²) in [4.78, 5) is 4.19. The van der Waals surface area contributed by atoms with Crippen molar-refractivity contribution in [3.05, 3.63) is 50.0 Å². The molecule has 0 aliphatic rings. The van der Waals surface area contributed by atoms with Gasteiger partial charge in [0.05, 0.1) is 33.3 Å². The van der Waals surface area contributed by atoms with Crippen LogP contribution >= 0.6 is 46.4 Å². The first kappa shape index (κ1) is 14.4. The van der Waals surface area contributed by atoms with Gasteiger partial charge in [-0.15, -0.1) is 0 Å². The SMILES string of the molecule is N#CCc1ccnc(-c2cc(Cl)cc(Cl)c2Cl)c1Cl. The summed E-state index contributed by atoms with van der Waals surface area (Å²) in [5.41, 5.74) is 1.69. The van der Waals surface area contributed by atoms with Gasteiger partial charge < -0.3 is 0 Å². The third kappa shape index (κ3) is 2.96. The fourth-order valence-electron chi connectivity index (χ4n) is 1.62. The molecule has 0 radical (unpaired) electrons. The van der Waals surface area contributed by atoms with Gasteiger partial charge in [0.15, 0.2) is 0 Å². The van der Waals surface area contributed by atoms with E-state index >= 15 is 0 Å². The number of halogens is 4. The summed E-state index contributed by atoms with van der Waals surface area (Å²) in [6, 6.07) is 6.92. The molecular weight excluding hydrogens is 326 g/mol. The molecule has 0 aliphatic carbocycles. The lowest BCUT2D eigenvalue weighted by atomic mass is 10.1. The lowest BCUT2D eigenvalue weighted by molar-refractivity contribution is 1.21. The fraction of sp³-hybridized carbons (Fsp3) is 0.0769. The van der Waals surface area contributed by atoms with Gasteiger partial charge in [-0.25, -0.2) is 0 Å². The second-order valence-corrected chi connectivity index (χ2v) is 5.32. The van der Waals surface area contributed by atoms with Crippen LogP contribution in [0.2, 0.25) is 20.1 Å². The maximum absolute atomic E-state index is 8.75. The molecule has 2 rings (SSSR count). The minimum atomic E-state index is 0.195. The van der Waals surface area contributed by atoms with Crippen molar-refractivity contribution in [2.75, 3.05) is 0 Å². The first-order chi connectivity index (χ1) is 9.04. The average molecular weight is 332 g/mol. The van der Waals surface area contributed by atoms with Gasteiger partial charge in [0.1, 0.15) is 0 Å². The van der Waals surface area contributed by atoms with Crippen LogP contribution in [-0.2, 0) is 6.42 Å². The Labute approximate surface area is 130 Å². The van der Waals surface area contributed by atoms with Crippen LogP contribution in [-0.4, -0.2) is 4.98 Å². The molecule has 0 aliphatic heterocycles. The Balaban J connectivity index is 2.66. The van der Waals surface area contributed by atoms with E-state index in [4.69, 9.17) is 51.7 Å². The lowest BCUT2D eigenvalue weighted by Gasteiger charge is -2.10. The highest BCUT2D eigenvalue weighted by atomic mass is 35.5. The molecule has 0 saturated heterocycles. The Morgan fingerprint density at radius 3 is 2.53 bits per heavy atom. The van der Waals surface area contributed by atoms with Gasteiger partial charge in [-0.05, 0) is 23.8 Å². The van der Waals surface area contributed by atoms with Crippen molar-refractivity contribution < 1.29 is 0 Å². The number of hydrogen-bond acceptors (Lipinski definition) is 2. The minimum Gasteiger partial charge on any atom is -0.255 e. The van der Waals surface area contributed by atoms with Crippen LogP contribution in [0.5, 0.6) is 0 Å². The van der Waals surface area contributed by atoms with E-state index in [1.165, 1.54) is 0 Å². The van der Waals surface area contributed by atoms with E-state index in [0.29, 0.717) is 36.9 Å². The summed E-state index contributed by atoms with van der Waals surface area (Å²) in [5, 5.41) is 10.2. The average Bonchev–Trinajstić information content (AvgIpc) is 2.37. The molecule has 0 amide bonds. The standard InChI is InChI=1S/C13H6Cl4N2/c14-8-5-9(12(17)10(15)6-8)13-11(16)7(1-3-18)2-4-19-13/h2,4-6H,1H2. The first-order valence-corrected chi connectivity index (χ1v) is 6.71. The van der Waals surface area contributed by atoms with E-state index in [1.807, 2.05) is 6.07 Å². The Kier molecular flexibility index (Phi) is 4.54. The van der Waals surface area contributed by atoms with Crippen molar-refractivity contribution in [1.82, 2.24) is 4.98 Å². The van der Waals surface area contributed by atoms with E-state index in [2.05, 4.69) is 4.98 Å². The van der Waals surface area contributed by atoms with Crippen LogP contribution < -0.4 is 0 Å². The van der Waals surface area contributed by atoms with Gasteiger partial charge in [0, 0.05) is 16.8 Å². The van der Waals surface area contributed by atoms with Gasteiger partial charge in [-0.1, -0.05) is 46.4 Å². The third-order valence-corrected chi connectivity index (χ3v) is 3.93. The first-order valence-electron chi connectivity index (χ1n) is 5.20. The smallest absolute Gasteiger partial charge is 0.0907 e. The second kappa shape index (κ2) is 5.98. The van der Waals surface area contributed by atoms with Crippen LogP contribution in [0.3, 0.4) is 0 Å². The zero-order chi connectivity index (χ0) is 14.0. The molecule has 0 saturated carbocycles. The molecule has 1 heterocycles. The van der Waals surface area contributed by atoms with Crippen molar-refractivity contribution >= 4 is 46.4 Å². The monoisotopic (exact) mass is 330 g/mol. The summed E-state index contributed by atoms with van der Waals surface area (Å²) in [5.74, 6) is 0. The molecule has 1 aromatic heterocycles. The Morgan fingerprint density at radius 2 is 1.84 bits per heavy atom. The molecule has 0 N–H and O–H groups in total. The van der Waals surface area contributed by atoms with Crippen LogP contribution in [0.1, 0.15) is 5.56 Å². The normalized spacial score (nSPS) is 10.3. The van der Waals surface area contributed by atoms with Crippen molar-refractivity contribution in [2.24, 2.45) is 0 Å². The Morgan fingerprint density at radius 1 is 1.11 bits per heavy atom. The highest BCUT2D eigenvalue weighted by Gasteiger charge is 2.15. The molecule has 0 spiro atoms. The number of nitrogens with zero attached hydrogens (tertiary/aromatic N) is 2. The van der Waals surface area contributed by atoms with Crippen molar-refractivity contribution in [2.45, 2.75) is 6.42 Å². The number of nitriles is 1. The topological polar surface area (TPSA) is 36.7 Å². The van der Waals surface area contributed by atoms with Gasteiger partial charge in [-0.2, -0.15) is 5.26 Å². The van der Waals surface area contributed by atoms with E-state index < -0.39 is 0 Å². The predicted octanol–water partition coefficient (Wildman–Crippen LogP) is 5.43. The van der Waals surface area contributed by atoms with Crippen molar-refractivity contribution in [3.63, 3.8) is 0 Å². The second-order valence-electron chi connectivity index (χ2n) is 3.72. The maximum Gasteiger partial charge on any atom is 0.0907 e. The van der Waals surface area contributed by atoms with Crippen LogP contribution in [0.4, 0.5) is 0 Å². The van der Waals surface area contributed by atoms with Crippen molar-refractivity contribution in [1.29, 1.82) is 5.26 Å². The Bertz CT molecular complexity index is 677. The molecule has 0 bridgehead atoms. The molecule has 96 valence electrons. The molecule has 1 aromatic carbocycles. The predicted molar refractivity (Wildman–Crippen MR) is 79.0 cm³/mol. The quantitative estimate of drug-likeness (QED) is 0.688. The number of aromatic nitrogens is 1. The summed E-state index contributed by atoms with van der Waals surface area (Å²) in [6.45, 7) is 0. The zero-order valence-electron chi connectivity index (χ0n) is 9.42. The number of hydrogen-bond donors (Lipinski definition) is 0. The van der Waals surface area contributed by atoms with E-state index in [1.54, 1.807) is 24.4 Å². The van der Waals surface area contributed by atoms with Crippen LogP contribution in [0.25, 0.3) is 11.3 Å². The van der Waals surface area contributed by atoms with E-state index in [-0.39, 0.29) is 6.42 Å². The fourth-order valence-corrected chi connectivity index (χ4v) is 2.59. The number of rotatable bonds is 2. The largest absolute Gasteiger partial charge is 0.255 e. The third-order valence-electron chi connectivity index (χ3n) is 2.49. The molecule has 0 unspecified atom stereocenters. The number of pyridine rings is 1. The van der Waals surface area contributed by atoms with Gasteiger partial charge in [0.25, 0.3) is 0 Å². The molecular formula is C13H6Cl4N2. The van der Waals surface area contributed by atoms with Crippen molar-refractivity contribution in [3.8, 4) is 17.3 Å². The van der Waals surface area contributed by atoms with Crippen LogP contribution in [0, 0.1) is 11.3 Å². The Hall–Kier alpha value is -0.980. The van der Waals surface area contributed by atoms with Gasteiger partial charge >= 0.3 is 0 Å².